The summed E-state index contributed by atoms with van der Waals surface area (Å²) in [6.45, 7) is 1.97. The fraction of sp³-hybridized carbons (Fsp3) is 0.0345. The van der Waals surface area contributed by atoms with E-state index in [1.165, 1.54) is 42.5 Å². The molecule has 216 valence electrons. The lowest BCUT2D eigenvalue weighted by Crippen LogP contribution is -1.97. The van der Waals surface area contributed by atoms with Gasteiger partial charge in [0, 0.05) is 10.8 Å². The molecule has 0 radical (unpaired) electrons. The van der Waals surface area contributed by atoms with E-state index in [1.54, 1.807) is 36.4 Å². The summed E-state index contributed by atoms with van der Waals surface area (Å²) >= 11 is 0. The SMILES string of the molecule is Cc1ccc(N=Nc2ccc(N=Nc3ccc(N=Nc4ccc(S(=O)(=O)O)cc4)cc3)c3cc(S(=O)(=O)O)ccc23)cc1. The number of hydrogen-bond donors (Lipinski definition) is 2. The van der Waals surface area contributed by atoms with E-state index in [-0.39, 0.29) is 9.79 Å². The van der Waals surface area contributed by atoms with Crippen molar-refractivity contribution in [3.63, 3.8) is 0 Å². The predicted molar refractivity (Wildman–Crippen MR) is 160 cm³/mol. The molecule has 0 fully saturated rings. The molecule has 0 unspecified atom stereocenters. The summed E-state index contributed by atoms with van der Waals surface area (Å²) < 4.78 is 64.6. The summed E-state index contributed by atoms with van der Waals surface area (Å²) in [6, 6.07) is 26.7. The number of aryl methyl sites for hydroxylation is 1. The van der Waals surface area contributed by atoms with Crippen LogP contribution in [0.2, 0.25) is 0 Å². The molecular formula is C29H22N6O6S2. The monoisotopic (exact) mass is 614 g/mol. The van der Waals surface area contributed by atoms with Crippen LogP contribution in [-0.2, 0) is 20.2 Å². The molecule has 43 heavy (non-hydrogen) atoms. The largest absolute Gasteiger partial charge is 0.294 e. The minimum Gasteiger partial charge on any atom is -0.282 e. The van der Waals surface area contributed by atoms with Crippen LogP contribution in [0.25, 0.3) is 10.8 Å². The van der Waals surface area contributed by atoms with Crippen molar-refractivity contribution < 1.29 is 25.9 Å². The van der Waals surface area contributed by atoms with E-state index in [9.17, 15) is 21.4 Å². The third-order valence-electron chi connectivity index (χ3n) is 6.09. The molecule has 0 amide bonds. The van der Waals surface area contributed by atoms with Gasteiger partial charge in [-0.1, -0.05) is 23.8 Å². The minimum atomic E-state index is -4.47. The number of azo groups is 3. The molecular weight excluding hydrogens is 592 g/mol. The Hall–Kier alpha value is -5.02. The van der Waals surface area contributed by atoms with Gasteiger partial charge in [0.25, 0.3) is 20.2 Å². The van der Waals surface area contributed by atoms with Crippen molar-refractivity contribution >= 4 is 65.1 Å². The molecule has 5 rings (SSSR count). The van der Waals surface area contributed by atoms with Gasteiger partial charge in [0.05, 0.1) is 43.9 Å². The molecule has 0 aliphatic heterocycles. The van der Waals surface area contributed by atoms with Gasteiger partial charge in [0.2, 0.25) is 0 Å². The number of hydrogen-bond acceptors (Lipinski definition) is 10. The molecule has 0 spiro atoms. The second-order valence-electron chi connectivity index (χ2n) is 9.21. The molecule has 14 heteroatoms. The maximum Gasteiger partial charge on any atom is 0.294 e. The van der Waals surface area contributed by atoms with Crippen LogP contribution in [0.5, 0.6) is 0 Å². The summed E-state index contributed by atoms with van der Waals surface area (Å²) in [4.78, 5) is -0.546. The Labute approximate surface area is 246 Å². The van der Waals surface area contributed by atoms with Gasteiger partial charge in [-0.25, -0.2) is 0 Å². The highest BCUT2D eigenvalue weighted by atomic mass is 32.2. The first kappa shape index (κ1) is 29.5. The third-order valence-corrected chi connectivity index (χ3v) is 7.80. The summed E-state index contributed by atoms with van der Waals surface area (Å²) in [5.41, 5.74) is 3.89. The number of nitrogens with zero attached hydrogens (tertiary/aromatic N) is 6. The molecule has 0 saturated heterocycles. The highest BCUT2D eigenvalue weighted by Gasteiger charge is 2.14. The molecule has 5 aromatic carbocycles. The van der Waals surface area contributed by atoms with Crippen molar-refractivity contribution in [3.8, 4) is 0 Å². The Bertz CT molecular complexity index is 2110. The quantitative estimate of drug-likeness (QED) is 0.130. The normalized spacial score (nSPS) is 12.6. The zero-order valence-corrected chi connectivity index (χ0v) is 24.0. The topological polar surface area (TPSA) is 183 Å². The molecule has 0 aromatic heterocycles. The van der Waals surface area contributed by atoms with Crippen LogP contribution >= 0.6 is 0 Å². The van der Waals surface area contributed by atoms with E-state index in [1.807, 2.05) is 31.2 Å². The van der Waals surface area contributed by atoms with E-state index < -0.39 is 20.2 Å². The lowest BCUT2D eigenvalue weighted by atomic mass is 10.1. The van der Waals surface area contributed by atoms with E-state index in [2.05, 4.69) is 30.7 Å². The average Bonchev–Trinajstić information content (AvgIpc) is 2.98. The highest BCUT2D eigenvalue weighted by Crippen LogP contribution is 2.37. The Morgan fingerprint density at radius 2 is 0.814 bits per heavy atom. The van der Waals surface area contributed by atoms with E-state index in [0.717, 1.165) is 5.56 Å². The fourth-order valence-corrected chi connectivity index (χ4v) is 4.84. The molecule has 0 aliphatic rings. The van der Waals surface area contributed by atoms with Gasteiger partial charge in [0.1, 0.15) is 0 Å². The van der Waals surface area contributed by atoms with Crippen LogP contribution in [0.15, 0.2) is 144 Å². The van der Waals surface area contributed by atoms with Gasteiger partial charge < -0.3 is 0 Å². The molecule has 0 heterocycles. The van der Waals surface area contributed by atoms with Crippen molar-refractivity contribution in [1.29, 1.82) is 0 Å². The van der Waals surface area contributed by atoms with Gasteiger partial charge in [-0.15, -0.1) is 10.2 Å². The lowest BCUT2D eigenvalue weighted by Gasteiger charge is -2.06. The first-order valence-electron chi connectivity index (χ1n) is 12.5. The van der Waals surface area contributed by atoms with Crippen LogP contribution < -0.4 is 0 Å². The molecule has 0 aliphatic carbocycles. The summed E-state index contributed by atoms with van der Waals surface area (Å²) in [5.74, 6) is 0. The third kappa shape index (κ3) is 7.44. The standard InChI is InChI=1S/C29H22N6O6S2/c1-19-2-4-20(5-3-19)32-34-28-16-17-29(27-18-25(43(39,40)41)14-15-26(27)28)35-33-22-8-6-21(7-9-22)30-31-23-10-12-24(13-11-23)42(36,37)38/h2-18H,1H3,(H,36,37,38)(H,39,40,41). The van der Waals surface area contributed by atoms with Crippen LogP contribution in [-0.4, -0.2) is 25.9 Å². The lowest BCUT2D eigenvalue weighted by molar-refractivity contribution is 0.481. The van der Waals surface area contributed by atoms with Crippen LogP contribution in [0.1, 0.15) is 5.56 Å². The number of benzene rings is 5. The first-order valence-corrected chi connectivity index (χ1v) is 15.4. The van der Waals surface area contributed by atoms with Gasteiger partial charge in [-0.2, -0.15) is 37.3 Å². The van der Waals surface area contributed by atoms with E-state index >= 15 is 0 Å². The van der Waals surface area contributed by atoms with Crippen LogP contribution in [0, 0.1) is 6.92 Å². The fourth-order valence-electron chi connectivity index (χ4n) is 3.85. The summed E-state index contributed by atoms with van der Waals surface area (Å²) in [6.07, 6.45) is 0. The number of fused-ring (bicyclic) bond motifs is 1. The van der Waals surface area contributed by atoms with Gasteiger partial charge in [-0.05, 0) is 91.9 Å². The first-order chi connectivity index (χ1) is 20.5. The Kier molecular flexibility index (Phi) is 8.27. The molecule has 0 saturated carbocycles. The van der Waals surface area contributed by atoms with Crippen molar-refractivity contribution in [3.05, 3.63) is 109 Å². The second kappa shape index (κ2) is 12.1. The van der Waals surface area contributed by atoms with Crippen molar-refractivity contribution in [2.75, 3.05) is 0 Å². The molecule has 12 nitrogen and oxygen atoms in total. The zero-order chi connectivity index (χ0) is 30.6. The molecule has 0 atom stereocenters. The Balaban J connectivity index is 1.40. The van der Waals surface area contributed by atoms with Crippen molar-refractivity contribution in [2.24, 2.45) is 30.7 Å². The zero-order valence-electron chi connectivity index (χ0n) is 22.3. The maximum atomic E-state index is 11.8. The highest BCUT2D eigenvalue weighted by molar-refractivity contribution is 7.86. The smallest absolute Gasteiger partial charge is 0.282 e. The minimum absolute atomic E-state index is 0.246. The Morgan fingerprint density at radius 3 is 1.28 bits per heavy atom. The summed E-state index contributed by atoms with van der Waals surface area (Å²) in [5, 5.41) is 26.2. The van der Waals surface area contributed by atoms with Gasteiger partial charge >= 0.3 is 0 Å². The molecule has 0 bridgehead atoms. The number of rotatable bonds is 8. The van der Waals surface area contributed by atoms with E-state index in [4.69, 9.17) is 4.55 Å². The molecule has 2 N–H and O–H groups in total. The van der Waals surface area contributed by atoms with Gasteiger partial charge in [-0.3, -0.25) is 9.11 Å². The van der Waals surface area contributed by atoms with Crippen molar-refractivity contribution in [1.82, 2.24) is 0 Å². The maximum absolute atomic E-state index is 11.8. The summed E-state index contributed by atoms with van der Waals surface area (Å²) in [7, 11) is -8.77. The van der Waals surface area contributed by atoms with E-state index in [0.29, 0.717) is 44.9 Å². The van der Waals surface area contributed by atoms with Crippen LogP contribution in [0.3, 0.4) is 0 Å². The van der Waals surface area contributed by atoms with Crippen molar-refractivity contribution in [2.45, 2.75) is 16.7 Å². The second-order valence-corrected chi connectivity index (χ2v) is 12.1. The Morgan fingerprint density at radius 1 is 0.442 bits per heavy atom. The van der Waals surface area contributed by atoms with Crippen LogP contribution in [0.4, 0.5) is 34.1 Å². The average molecular weight is 615 g/mol. The predicted octanol–water partition coefficient (Wildman–Crippen LogP) is 8.89. The van der Waals surface area contributed by atoms with Gasteiger partial charge in [0.15, 0.2) is 0 Å². The molecule has 5 aromatic rings.